The van der Waals surface area contributed by atoms with Crippen molar-refractivity contribution >= 4 is 5.91 Å². The lowest BCUT2D eigenvalue weighted by atomic mass is 10.2. The van der Waals surface area contributed by atoms with E-state index in [1.807, 2.05) is 6.92 Å². The van der Waals surface area contributed by atoms with Crippen molar-refractivity contribution in [3.63, 3.8) is 0 Å². The van der Waals surface area contributed by atoms with Crippen molar-refractivity contribution in [3.8, 4) is 0 Å². The maximum atomic E-state index is 12.1. The van der Waals surface area contributed by atoms with Gasteiger partial charge in [0, 0.05) is 12.4 Å². The van der Waals surface area contributed by atoms with E-state index in [0.717, 1.165) is 12.2 Å². The Morgan fingerprint density at radius 1 is 1.61 bits per heavy atom. The monoisotopic (exact) mass is 248 g/mol. The van der Waals surface area contributed by atoms with E-state index >= 15 is 0 Å². The van der Waals surface area contributed by atoms with Crippen LogP contribution in [0.5, 0.6) is 0 Å². The molecule has 0 saturated heterocycles. The fourth-order valence-corrected chi connectivity index (χ4v) is 1.66. The van der Waals surface area contributed by atoms with E-state index in [1.54, 1.807) is 19.3 Å². The van der Waals surface area contributed by atoms with Crippen LogP contribution >= 0.6 is 0 Å². The molecule has 2 N–H and O–H groups in total. The fourth-order valence-electron chi connectivity index (χ4n) is 1.66. The molecule has 0 aliphatic rings. The summed E-state index contributed by atoms with van der Waals surface area (Å²) in [6.07, 6.45) is 7.12. The number of carbonyl (C=O) groups excluding carboxylic acids is 1. The molecule has 0 aliphatic heterocycles. The third kappa shape index (κ3) is 2.55. The molecular formula is C11H16N6O. The fraction of sp³-hybridized carbons (Fsp3) is 0.455. The second-order valence-electron chi connectivity index (χ2n) is 4.00. The predicted molar refractivity (Wildman–Crippen MR) is 64.5 cm³/mol. The van der Waals surface area contributed by atoms with E-state index in [2.05, 4.69) is 25.4 Å². The van der Waals surface area contributed by atoms with Crippen LogP contribution in [0.25, 0.3) is 0 Å². The van der Waals surface area contributed by atoms with Crippen molar-refractivity contribution in [3.05, 3.63) is 30.9 Å². The quantitative estimate of drug-likeness (QED) is 0.820. The van der Waals surface area contributed by atoms with Gasteiger partial charge in [0.15, 0.2) is 0 Å². The van der Waals surface area contributed by atoms with E-state index in [-0.39, 0.29) is 11.9 Å². The Balaban J connectivity index is 2.02. The molecule has 2 heterocycles. The van der Waals surface area contributed by atoms with Crippen molar-refractivity contribution in [1.29, 1.82) is 0 Å². The summed E-state index contributed by atoms with van der Waals surface area (Å²) < 4.78 is 1.52. The lowest BCUT2D eigenvalue weighted by Crippen LogP contribution is -2.34. The Morgan fingerprint density at radius 2 is 2.44 bits per heavy atom. The van der Waals surface area contributed by atoms with Gasteiger partial charge in [-0.2, -0.15) is 5.10 Å². The van der Waals surface area contributed by atoms with Crippen LogP contribution in [0.2, 0.25) is 0 Å². The van der Waals surface area contributed by atoms with Gasteiger partial charge in [-0.25, -0.2) is 14.6 Å². The van der Waals surface area contributed by atoms with Crippen LogP contribution in [0.4, 0.5) is 0 Å². The number of H-pyrrole nitrogens is 1. The summed E-state index contributed by atoms with van der Waals surface area (Å²) >= 11 is 0. The van der Waals surface area contributed by atoms with Gasteiger partial charge in [0.25, 0.3) is 0 Å². The highest BCUT2D eigenvalue weighted by Crippen LogP contribution is 2.13. The first-order chi connectivity index (χ1) is 8.72. The summed E-state index contributed by atoms with van der Waals surface area (Å²) in [5, 5.41) is 6.89. The lowest BCUT2D eigenvalue weighted by molar-refractivity contribution is -0.125. The van der Waals surface area contributed by atoms with Crippen LogP contribution in [-0.2, 0) is 4.79 Å². The Hall–Kier alpha value is -2.18. The highest BCUT2D eigenvalue weighted by molar-refractivity contribution is 5.80. The number of hydrogen-bond acceptors (Lipinski definition) is 4. The maximum absolute atomic E-state index is 12.1. The number of nitrogens with one attached hydrogen (secondary N) is 2. The molecule has 0 aromatic carbocycles. The SMILES string of the molecule is CCC(NC(=O)C(C)n1cncn1)c1ncc[nH]1. The average molecular weight is 248 g/mol. The minimum absolute atomic E-state index is 0.108. The molecule has 7 heteroatoms. The van der Waals surface area contributed by atoms with Gasteiger partial charge in [-0.3, -0.25) is 4.79 Å². The van der Waals surface area contributed by atoms with Crippen molar-refractivity contribution in [2.24, 2.45) is 0 Å². The normalized spacial score (nSPS) is 14.1. The van der Waals surface area contributed by atoms with E-state index in [1.165, 1.54) is 17.3 Å². The van der Waals surface area contributed by atoms with Crippen LogP contribution in [0.15, 0.2) is 25.0 Å². The van der Waals surface area contributed by atoms with Gasteiger partial charge in [-0.05, 0) is 13.3 Å². The summed E-state index contributed by atoms with van der Waals surface area (Å²) in [6, 6.07) is -0.505. The molecule has 2 unspecified atom stereocenters. The van der Waals surface area contributed by atoms with E-state index in [9.17, 15) is 4.79 Å². The second kappa shape index (κ2) is 5.44. The molecule has 2 atom stereocenters. The van der Waals surface area contributed by atoms with Gasteiger partial charge in [0.1, 0.15) is 24.5 Å². The molecule has 1 amide bonds. The van der Waals surface area contributed by atoms with Crippen LogP contribution < -0.4 is 5.32 Å². The molecule has 0 fully saturated rings. The molecule has 2 aromatic rings. The predicted octanol–water partition coefficient (Wildman–Crippen LogP) is 0.830. The number of amides is 1. The van der Waals surface area contributed by atoms with Crippen molar-refractivity contribution in [2.45, 2.75) is 32.4 Å². The minimum atomic E-state index is -0.392. The molecular weight excluding hydrogens is 232 g/mol. The van der Waals surface area contributed by atoms with Crippen LogP contribution in [0, 0.1) is 0 Å². The summed E-state index contributed by atoms with van der Waals surface area (Å²) in [7, 11) is 0. The number of nitrogens with zero attached hydrogens (tertiary/aromatic N) is 4. The van der Waals surface area contributed by atoms with Gasteiger partial charge < -0.3 is 10.3 Å². The van der Waals surface area contributed by atoms with Crippen molar-refractivity contribution in [2.75, 3.05) is 0 Å². The molecule has 96 valence electrons. The molecule has 0 saturated carbocycles. The van der Waals surface area contributed by atoms with Crippen molar-refractivity contribution < 1.29 is 4.79 Å². The smallest absolute Gasteiger partial charge is 0.245 e. The molecule has 0 bridgehead atoms. The van der Waals surface area contributed by atoms with Crippen LogP contribution in [0.3, 0.4) is 0 Å². The van der Waals surface area contributed by atoms with Gasteiger partial charge >= 0.3 is 0 Å². The molecule has 7 nitrogen and oxygen atoms in total. The Kier molecular flexibility index (Phi) is 3.71. The topological polar surface area (TPSA) is 88.5 Å². The summed E-state index contributed by atoms with van der Waals surface area (Å²) in [4.78, 5) is 23.1. The van der Waals surface area contributed by atoms with Crippen LogP contribution in [0.1, 0.15) is 38.2 Å². The van der Waals surface area contributed by atoms with E-state index in [0.29, 0.717) is 0 Å². The number of rotatable bonds is 5. The van der Waals surface area contributed by atoms with Gasteiger partial charge in [-0.15, -0.1) is 0 Å². The first-order valence-electron chi connectivity index (χ1n) is 5.86. The largest absolute Gasteiger partial charge is 0.347 e. The minimum Gasteiger partial charge on any atom is -0.347 e. The highest BCUT2D eigenvalue weighted by Gasteiger charge is 2.20. The van der Waals surface area contributed by atoms with Crippen molar-refractivity contribution in [1.82, 2.24) is 30.0 Å². The average Bonchev–Trinajstić information content (AvgIpc) is 3.06. The molecule has 18 heavy (non-hydrogen) atoms. The van der Waals surface area contributed by atoms with Gasteiger partial charge in [0.2, 0.25) is 5.91 Å². The zero-order chi connectivity index (χ0) is 13.0. The molecule has 2 aromatic heterocycles. The lowest BCUT2D eigenvalue weighted by Gasteiger charge is -2.18. The molecule has 0 radical (unpaired) electrons. The first kappa shape index (κ1) is 12.3. The van der Waals surface area contributed by atoms with Gasteiger partial charge in [-0.1, -0.05) is 6.92 Å². The number of aromatic amines is 1. The number of hydrogen-bond donors (Lipinski definition) is 2. The third-order valence-corrected chi connectivity index (χ3v) is 2.79. The summed E-state index contributed by atoms with van der Waals surface area (Å²) in [6.45, 7) is 3.77. The third-order valence-electron chi connectivity index (χ3n) is 2.79. The molecule has 2 rings (SSSR count). The molecule has 0 aliphatic carbocycles. The van der Waals surface area contributed by atoms with Crippen LogP contribution in [-0.4, -0.2) is 30.6 Å². The Labute approximate surface area is 105 Å². The Morgan fingerprint density at radius 3 is 3.00 bits per heavy atom. The zero-order valence-electron chi connectivity index (χ0n) is 10.4. The first-order valence-corrected chi connectivity index (χ1v) is 5.86. The summed E-state index contributed by atoms with van der Waals surface area (Å²) in [5.41, 5.74) is 0. The van der Waals surface area contributed by atoms with Gasteiger partial charge in [0.05, 0.1) is 6.04 Å². The Bertz CT molecular complexity index is 478. The molecule has 0 spiro atoms. The second-order valence-corrected chi connectivity index (χ2v) is 4.00. The zero-order valence-corrected chi connectivity index (χ0v) is 10.4. The maximum Gasteiger partial charge on any atom is 0.245 e. The standard InChI is InChI=1S/C11H16N6O/c1-3-9(10-13-4-5-14-10)16-11(18)8(2)17-7-12-6-15-17/h4-9H,3H2,1-2H3,(H,13,14)(H,16,18). The number of imidazole rings is 1. The number of aromatic nitrogens is 5. The number of carbonyl (C=O) groups is 1. The highest BCUT2D eigenvalue weighted by atomic mass is 16.2. The van der Waals surface area contributed by atoms with E-state index < -0.39 is 6.04 Å². The van der Waals surface area contributed by atoms with E-state index in [4.69, 9.17) is 0 Å². The summed E-state index contributed by atoms with van der Waals surface area (Å²) in [5.74, 6) is 0.653.